The fourth-order valence-corrected chi connectivity index (χ4v) is 5.29. The van der Waals surface area contributed by atoms with Crippen LogP contribution in [-0.2, 0) is 16.4 Å². The molecule has 1 amide bonds. The highest BCUT2D eigenvalue weighted by atomic mass is 32.2. The fourth-order valence-electron chi connectivity index (χ4n) is 3.98. The highest BCUT2D eigenvalue weighted by Gasteiger charge is 2.29. The number of aromatic nitrogens is 1. The standard InChI is InChI=1S/C23H30N4O3S/c1-26(21-12-16-27(17-13-21)15-11-19-4-2-3-14-24-19)23(28)18-5-9-22(10-6-18)31(29,30)25-20-7-8-20/h2-6,9-10,14,20-21,25H,7-8,11-13,15-17H2,1H3. The van der Waals surface area contributed by atoms with Gasteiger partial charge in [-0.05, 0) is 62.1 Å². The van der Waals surface area contributed by atoms with Gasteiger partial charge in [0.25, 0.3) is 5.91 Å². The Labute approximate surface area is 184 Å². The second-order valence-corrected chi connectivity index (χ2v) is 10.2. The maximum atomic E-state index is 12.9. The Balaban J connectivity index is 1.28. The predicted octanol–water partition coefficient (Wildman–Crippen LogP) is 2.30. The van der Waals surface area contributed by atoms with E-state index in [0.29, 0.717) is 5.56 Å². The number of carbonyl (C=O) groups excluding carboxylic acids is 1. The predicted molar refractivity (Wildman–Crippen MR) is 119 cm³/mol. The lowest BCUT2D eigenvalue weighted by Crippen LogP contribution is -2.46. The molecule has 7 nitrogen and oxygen atoms in total. The lowest BCUT2D eigenvalue weighted by Gasteiger charge is -2.36. The van der Waals surface area contributed by atoms with Gasteiger partial charge in [0.05, 0.1) is 4.90 Å². The van der Waals surface area contributed by atoms with Crippen molar-refractivity contribution in [3.8, 4) is 0 Å². The molecule has 1 saturated heterocycles. The van der Waals surface area contributed by atoms with Gasteiger partial charge < -0.3 is 9.80 Å². The quantitative estimate of drug-likeness (QED) is 0.678. The smallest absolute Gasteiger partial charge is 0.253 e. The zero-order valence-corrected chi connectivity index (χ0v) is 18.7. The molecule has 0 bridgehead atoms. The average molecular weight is 443 g/mol. The molecule has 0 spiro atoms. The molecule has 2 fully saturated rings. The first-order valence-corrected chi connectivity index (χ1v) is 12.4. The number of pyridine rings is 1. The summed E-state index contributed by atoms with van der Waals surface area (Å²) < 4.78 is 27.3. The summed E-state index contributed by atoms with van der Waals surface area (Å²) in [5, 5.41) is 0. The molecule has 2 aliphatic rings. The Morgan fingerprint density at radius 2 is 1.81 bits per heavy atom. The molecule has 1 saturated carbocycles. The molecule has 8 heteroatoms. The van der Waals surface area contributed by atoms with E-state index in [1.165, 1.54) is 12.1 Å². The number of amides is 1. The van der Waals surface area contributed by atoms with E-state index in [9.17, 15) is 13.2 Å². The van der Waals surface area contributed by atoms with Crippen molar-refractivity contribution in [3.05, 3.63) is 59.9 Å². The second kappa shape index (κ2) is 9.46. The van der Waals surface area contributed by atoms with Crippen LogP contribution in [0.15, 0.2) is 53.6 Å². The SMILES string of the molecule is CN(C(=O)c1ccc(S(=O)(=O)NC2CC2)cc1)C1CCN(CCc2ccccn2)CC1. The number of nitrogens with one attached hydrogen (secondary N) is 1. The Kier molecular flexibility index (Phi) is 6.69. The van der Waals surface area contributed by atoms with Gasteiger partial charge in [-0.3, -0.25) is 9.78 Å². The van der Waals surface area contributed by atoms with E-state index >= 15 is 0 Å². The minimum atomic E-state index is -3.50. The highest BCUT2D eigenvalue weighted by Crippen LogP contribution is 2.23. The third kappa shape index (κ3) is 5.70. The van der Waals surface area contributed by atoms with E-state index in [1.54, 1.807) is 12.1 Å². The van der Waals surface area contributed by atoms with Gasteiger partial charge in [-0.15, -0.1) is 0 Å². The van der Waals surface area contributed by atoms with E-state index in [0.717, 1.165) is 57.4 Å². The molecule has 1 aliphatic heterocycles. The van der Waals surface area contributed by atoms with Gasteiger partial charge in [0.1, 0.15) is 0 Å². The molecule has 2 aromatic rings. The first-order chi connectivity index (χ1) is 14.9. The van der Waals surface area contributed by atoms with Crippen LogP contribution in [0.4, 0.5) is 0 Å². The first-order valence-electron chi connectivity index (χ1n) is 10.9. The van der Waals surface area contributed by atoms with Gasteiger partial charge in [-0.1, -0.05) is 6.07 Å². The van der Waals surface area contributed by atoms with Gasteiger partial charge >= 0.3 is 0 Å². The number of likely N-dealkylation sites (tertiary alicyclic amines) is 1. The largest absolute Gasteiger partial charge is 0.339 e. The van der Waals surface area contributed by atoms with E-state index < -0.39 is 10.0 Å². The van der Waals surface area contributed by atoms with Crippen LogP contribution in [0, 0.1) is 0 Å². The van der Waals surface area contributed by atoms with Crippen molar-refractivity contribution in [2.75, 3.05) is 26.7 Å². The van der Waals surface area contributed by atoms with Crippen LogP contribution >= 0.6 is 0 Å². The third-order valence-electron chi connectivity index (χ3n) is 6.15. The van der Waals surface area contributed by atoms with Gasteiger partial charge in [0, 0.05) is 62.6 Å². The number of hydrogen-bond donors (Lipinski definition) is 1. The zero-order chi connectivity index (χ0) is 21.8. The lowest BCUT2D eigenvalue weighted by atomic mass is 10.0. The molecular weight excluding hydrogens is 412 g/mol. The van der Waals surface area contributed by atoms with Crippen molar-refractivity contribution in [3.63, 3.8) is 0 Å². The number of sulfonamides is 1. The first kappa shape index (κ1) is 21.9. The summed E-state index contributed by atoms with van der Waals surface area (Å²) in [5.41, 5.74) is 1.63. The van der Waals surface area contributed by atoms with E-state index in [4.69, 9.17) is 0 Å². The molecule has 1 aliphatic carbocycles. The van der Waals surface area contributed by atoms with E-state index in [-0.39, 0.29) is 22.9 Å². The van der Waals surface area contributed by atoms with Gasteiger partial charge in [-0.2, -0.15) is 0 Å². The number of piperidine rings is 1. The lowest BCUT2D eigenvalue weighted by molar-refractivity contribution is 0.0643. The fraction of sp³-hybridized carbons (Fsp3) is 0.478. The highest BCUT2D eigenvalue weighted by molar-refractivity contribution is 7.89. The molecule has 1 N–H and O–H groups in total. The van der Waals surface area contributed by atoms with Crippen LogP contribution < -0.4 is 4.72 Å². The Morgan fingerprint density at radius 3 is 2.42 bits per heavy atom. The van der Waals surface area contributed by atoms with Crippen LogP contribution in [0.1, 0.15) is 41.7 Å². The number of benzene rings is 1. The molecule has 1 aromatic carbocycles. The third-order valence-corrected chi connectivity index (χ3v) is 7.68. The Morgan fingerprint density at radius 1 is 1.10 bits per heavy atom. The molecular formula is C23H30N4O3S. The van der Waals surface area contributed by atoms with Crippen molar-refractivity contribution >= 4 is 15.9 Å². The molecule has 2 heterocycles. The van der Waals surface area contributed by atoms with Gasteiger partial charge in [0.15, 0.2) is 0 Å². The van der Waals surface area contributed by atoms with Crippen LogP contribution in [-0.4, -0.2) is 67.9 Å². The zero-order valence-electron chi connectivity index (χ0n) is 17.9. The summed E-state index contributed by atoms with van der Waals surface area (Å²) in [6.07, 6.45) is 6.41. The minimum Gasteiger partial charge on any atom is -0.339 e. The van der Waals surface area contributed by atoms with Crippen LogP contribution in [0.3, 0.4) is 0 Å². The summed E-state index contributed by atoms with van der Waals surface area (Å²) in [6, 6.07) is 12.5. The molecule has 0 unspecified atom stereocenters. The monoisotopic (exact) mass is 442 g/mol. The number of hydrogen-bond acceptors (Lipinski definition) is 5. The summed E-state index contributed by atoms with van der Waals surface area (Å²) in [4.78, 5) is 21.7. The molecule has 166 valence electrons. The average Bonchev–Trinajstić information content (AvgIpc) is 3.61. The number of rotatable bonds is 8. The number of nitrogens with zero attached hydrogens (tertiary/aromatic N) is 3. The molecule has 0 radical (unpaired) electrons. The Bertz CT molecular complexity index is 983. The molecule has 1 aromatic heterocycles. The van der Waals surface area contributed by atoms with Crippen molar-refractivity contribution in [2.45, 2.75) is 49.1 Å². The van der Waals surface area contributed by atoms with Crippen LogP contribution in [0.5, 0.6) is 0 Å². The van der Waals surface area contributed by atoms with Crippen molar-refractivity contribution < 1.29 is 13.2 Å². The second-order valence-electron chi connectivity index (χ2n) is 8.48. The topological polar surface area (TPSA) is 82.6 Å². The molecule has 4 rings (SSSR count). The van der Waals surface area contributed by atoms with Crippen molar-refractivity contribution in [2.24, 2.45) is 0 Å². The summed E-state index contributed by atoms with van der Waals surface area (Å²) in [6.45, 7) is 2.89. The van der Waals surface area contributed by atoms with Gasteiger partial charge in [0.2, 0.25) is 10.0 Å². The van der Waals surface area contributed by atoms with Crippen molar-refractivity contribution in [1.82, 2.24) is 19.5 Å². The normalized spacial score (nSPS) is 18.1. The van der Waals surface area contributed by atoms with E-state index in [1.807, 2.05) is 30.3 Å². The maximum absolute atomic E-state index is 12.9. The minimum absolute atomic E-state index is 0.0623. The maximum Gasteiger partial charge on any atom is 0.253 e. The number of carbonyl (C=O) groups is 1. The van der Waals surface area contributed by atoms with Crippen LogP contribution in [0.25, 0.3) is 0 Å². The van der Waals surface area contributed by atoms with E-state index in [2.05, 4.69) is 20.7 Å². The summed E-state index contributed by atoms with van der Waals surface area (Å²) >= 11 is 0. The molecule has 0 atom stereocenters. The summed E-state index contributed by atoms with van der Waals surface area (Å²) in [7, 11) is -1.65. The Hall–Kier alpha value is -2.29. The summed E-state index contributed by atoms with van der Waals surface area (Å²) in [5.74, 6) is -0.0639. The molecule has 31 heavy (non-hydrogen) atoms. The van der Waals surface area contributed by atoms with Gasteiger partial charge in [-0.25, -0.2) is 13.1 Å². The van der Waals surface area contributed by atoms with Crippen LogP contribution in [0.2, 0.25) is 0 Å². The van der Waals surface area contributed by atoms with Crippen molar-refractivity contribution in [1.29, 1.82) is 0 Å².